The molecule has 5 nitrogen and oxygen atoms in total. The van der Waals surface area contributed by atoms with Crippen molar-refractivity contribution in [3.8, 4) is 0 Å². The first kappa shape index (κ1) is 14.7. The molecule has 2 unspecified atom stereocenters. The van der Waals surface area contributed by atoms with Crippen molar-refractivity contribution >= 4 is 35.0 Å². The molecule has 0 radical (unpaired) electrons. The fourth-order valence-electron chi connectivity index (χ4n) is 2.20. The number of carbonyl (C=O) groups is 2. The monoisotopic (exact) mass is 293 g/mol. The largest absolute Gasteiger partial charge is 0.399 e. The highest BCUT2D eigenvalue weighted by molar-refractivity contribution is 8.01. The van der Waals surface area contributed by atoms with Crippen LogP contribution in [-0.4, -0.2) is 22.6 Å². The van der Waals surface area contributed by atoms with Crippen molar-refractivity contribution < 1.29 is 9.59 Å². The summed E-state index contributed by atoms with van der Waals surface area (Å²) in [6.07, 6.45) is 0.659. The maximum Gasteiger partial charge on any atom is 0.244 e. The summed E-state index contributed by atoms with van der Waals surface area (Å²) in [6, 6.07) is 4.64. The number of nitrogens with two attached hydrogens (primary N) is 2. The zero-order chi connectivity index (χ0) is 15.1. The average molecular weight is 293 g/mol. The van der Waals surface area contributed by atoms with E-state index in [0.29, 0.717) is 17.8 Å². The predicted molar refractivity (Wildman–Crippen MR) is 81.5 cm³/mol. The van der Waals surface area contributed by atoms with E-state index in [1.807, 2.05) is 19.9 Å². The SMILES string of the molecule is CCC1(C)Sc2cc(N)ccc2N(C(C)C(N)=O)C1=O. The number of anilines is 2. The number of carbonyl (C=O) groups excluding carboxylic acids is 2. The summed E-state index contributed by atoms with van der Waals surface area (Å²) in [4.78, 5) is 26.7. The number of rotatable bonds is 3. The Morgan fingerprint density at radius 1 is 1.50 bits per heavy atom. The second-order valence-corrected chi connectivity index (χ2v) is 6.71. The van der Waals surface area contributed by atoms with E-state index in [0.717, 1.165) is 4.90 Å². The third kappa shape index (κ3) is 2.24. The Bertz CT molecular complexity index is 576. The summed E-state index contributed by atoms with van der Waals surface area (Å²) in [7, 11) is 0. The van der Waals surface area contributed by atoms with Crippen LogP contribution < -0.4 is 16.4 Å². The van der Waals surface area contributed by atoms with E-state index in [2.05, 4.69) is 0 Å². The van der Waals surface area contributed by atoms with Crippen molar-refractivity contribution in [2.75, 3.05) is 10.6 Å². The maximum absolute atomic E-state index is 12.7. The minimum absolute atomic E-state index is 0.0893. The number of hydrogen-bond acceptors (Lipinski definition) is 4. The Hall–Kier alpha value is -1.69. The Morgan fingerprint density at radius 3 is 2.70 bits per heavy atom. The van der Waals surface area contributed by atoms with Crippen molar-refractivity contribution in [3.05, 3.63) is 18.2 Å². The van der Waals surface area contributed by atoms with E-state index in [1.54, 1.807) is 19.1 Å². The molecule has 0 saturated carbocycles. The summed E-state index contributed by atoms with van der Waals surface area (Å²) < 4.78 is -0.607. The van der Waals surface area contributed by atoms with Gasteiger partial charge in [0.05, 0.1) is 10.4 Å². The number of hydrogen-bond donors (Lipinski definition) is 2. The molecule has 0 bridgehead atoms. The lowest BCUT2D eigenvalue weighted by Crippen LogP contribution is -2.55. The molecule has 20 heavy (non-hydrogen) atoms. The first-order valence-electron chi connectivity index (χ1n) is 6.51. The van der Waals surface area contributed by atoms with Crippen molar-refractivity contribution in [3.63, 3.8) is 0 Å². The van der Waals surface area contributed by atoms with E-state index in [1.165, 1.54) is 16.7 Å². The lowest BCUT2D eigenvalue weighted by atomic mass is 10.0. The summed E-state index contributed by atoms with van der Waals surface area (Å²) in [5.74, 6) is -0.611. The Morgan fingerprint density at radius 2 is 2.15 bits per heavy atom. The van der Waals surface area contributed by atoms with Crippen LogP contribution in [0.2, 0.25) is 0 Å². The molecule has 0 spiro atoms. The fraction of sp³-hybridized carbons (Fsp3) is 0.429. The highest BCUT2D eigenvalue weighted by atomic mass is 32.2. The lowest BCUT2D eigenvalue weighted by molar-refractivity contribution is -0.125. The number of nitrogen functional groups attached to an aromatic ring is 1. The highest BCUT2D eigenvalue weighted by Crippen LogP contribution is 2.48. The summed E-state index contributed by atoms with van der Waals surface area (Å²) >= 11 is 1.49. The van der Waals surface area contributed by atoms with E-state index in [4.69, 9.17) is 11.5 Å². The van der Waals surface area contributed by atoms with E-state index in [9.17, 15) is 9.59 Å². The van der Waals surface area contributed by atoms with Gasteiger partial charge in [-0.2, -0.15) is 0 Å². The van der Waals surface area contributed by atoms with Crippen LogP contribution in [0.25, 0.3) is 0 Å². The zero-order valence-corrected chi connectivity index (χ0v) is 12.7. The smallest absolute Gasteiger partial charge is 0.244 e. The van der Waals surface area contributed by atoms with Crippen LogP contribution in [0.1, 0.15) is 27.2 Å². The van der Waals surface area contributed by atoms with Crippen molar-refractivity contribution in [1.29, 1.82) is 0 Å². The minimum atomic E-state index is -0.684. The van der Waals surface area contributed by atoms with E-state index in [-0.39, 0.29) is 5.91 Å². The van der Waals surface area contributed by atoms with E-state index < -0.39 is 16.7 Å². The van der Waals surface area contributed by atoms with Crippen molar-refractivity contribution in [1.82, 2.24) is 0 Å². The molecule has 0 aliphatic carbocycles. The third-order valence-corrected chi connectivity index (χ3v) is 5.18. The second-order valence-electron chi connectivity index (χ2n) is 5.17. The molecule has 2 rings (SSSR count). The van der Waals surface area contributed by atoms with Gasteiger partial charge in [0, 0.05) is 10.6 Å². The molecule has 6 heteroatoms. The molecule has 1 aromatic carbocycles. The van der Waals surface area contributed by atoms with Crippen LogP contribution >= 0.6 is 11.8 Å². The molecular weight excluding hydrogens is 274 g/mol. The van der Waals surface area contributed by atoms with Gasteiger partial charge in [0.1, 0.15) is 6.04 Å². The van der Waals surface area contributed by atoms with Gasteiger partial charge in [0.2, 0.25) is 11.8 Å². The molecule has 1 aliphatic heterocycles. The normalized spacial score (nSPS) is 23.4. The van der Waals surface area contributed by atoms with Crippen LogP contribution in [0.15, 0.2) is 23.1 Å². The van der Waals surface area contributed by atoms with Crippen LogP contribution in [0.5, 0.6) is 0 Å². The van der Waals surface area contributed by atoms with Crippen molar-refractivity contribution in [2.24, 2.45) is 5.73 Å². The summed E-state index contributed by atoms with van der Waals surface area (Å²) in [5, 5.41) is 0. The van der Waals surface area contributed by atoms with Crippen LogP contribution in [0.4, 0.5) is 11.4 Å². The van der Waals surface area contributed by atoms with Crippen molar-refractivity contribution in [2.45, 2.75) is 42.9 Å². The number of fused-ring (bicyclic) bond motifs is 1. The van der Waals surface area contributed by atoms with E-state index >= 15 is 0 Å². The molecule has 1 aromatic rings. The second kappa shape index (κ2) is 5.01. The fourth-order valence-corrected chi connectivity index (χ4v) is 3.48. The van der Waals surface area contributed by atoms with Crippen LogP contribution in [0.3, 0.4) is 0 Å². The Balaban J connectivity index is 2.60. The van der Waals surface area contributed by atoms with Gasteiger partial charge in [-0.25, -0.2) is 0 Å². The van der Waals surface area contributed by atoms with Gasteiger partial charge in [-0.15, -0.1) is 11.8 Å². The van der Waals surface area contributed by atoms with Gasteiger partial charge >= 0.3 is 0 Å². The predicted octanol–water partition coefficient (Wildman–Crippen LogP) is 1.75. The number of amides is 2. The Kier molecular flexibility index (Phi) is 3.69. The molecule has 0 saturated heterocycles. The molecule has 0 aromatic heterocycles. The first-order chi connectivity index (χ1) is 9.30. The van der Waals surface area contributed by atoms with Crippen LogP contribution in [-0.2, 0) is 9.59 Å². The number of benzene rings is 1. The summed E-state index contributed by atoms with van der Waals surface area (Å²) in [5.41, 5.74) is 12.5. The Labute approximate surface area is 122 Å². The van der Waals surface area contributed by atoms with Crippen LogP contribution in [0, 0.1) is 0 Å². The third-order valence-electron chi connectivity index (χ3n) is 3.72. The van der Waals surface area contributed by atoms with Gasteiger partial charge in [-0.3, -0.25) is 14.5 Å². The van der Waals surface area contributed by atoms with Gasteiger partial charge in [0.25, 0.3) is 0 Å². The molecular formula is C14H19N3O2S. The quantitative estimate of drug-likeness (QED) is 0.831. The first-order valence-corrected chi connectivity index (χ1v) is 7.33. The number of thioether (sulfide) groups is 1. The minimum Gasteiger partial charge on any atom is -0.399 e. The molecule has 2 amide bonds. The lowest BCUT2D eigenvalue weighted by Gasteiger charge is -2.41. The average Bonchev–Trinajstić information content (AvgIpc) is 2.39. The van der Waals surface area contributed by atoms with Gasteiger partial charge < -0.3 is 11.5 Å². The standard InChI is InChI=1S/C14H19N3O2S/c1-4-14(3)13(19)17(8(2)12(16)18)10-6-5-9(15)7-11(10)20-14/h5-8H,4,15H2,1-3H3,(H2,16,18). The van der Waals surface area contributed by atoms with Gasteiger partial charge in [-0.1, -0.05) is 6.92 Å². The highest BCUT2D eigenvalue weighted by Gasteiger charge is 2.44. The van der Waals surface area contributed by atoms with Gasteiger partial charge in [-0.05, 0) is 38.5 Å². The maximum atomic E-state index is 12.7. The molecule has 2 atom stereocenters. The van der Waals surface area contributed by atoms with Gasteiger partial charge in [0.15, 0.2) is 0 Å². The molecule has 0 fully saturated rings. The topological polar surface area (TPSA) is 89.4 Å². The molecule has 1 aliphatic rings. The molecule has 108 valence electrons. The number of nitrogens with zero attached hydrogens (tertiary/aromatic N) is 1. The zero-order valence-electron chi connectivity index (χ0n) is 11.8. The molecule has 4 N–H and O–H groups in total. The molecule has 1 heterocycles. The summed E-state index contributed by atoms with van der Waals surface area (Å²) in [6.45, 7) is 5.48. The number of primary amides is 1.